The Labute approximate surface area is 153 Å². The molecular weight excluding hydrogens is 350 g/mol. The minimum Gasteiger partial charge on any atom is -0.484 e. The number of anilines is 2. The van der Waals surface area contributed by atoms with Gasteiger partial charge in [0.15, 0.2) is 12.2 Å². The number of carbonyl (C=O) groups is 2. The lowest BCUT2D eigenvalue weighted by Crippen LogP contribution is -2.23. The molecule has 4 rings (SSSR count). The van der Waals surface area contributed by atoms with E-state index in [1.165, 1.54) is 0 Å². The third-order valence-corrected chi connectivity index (χ3v) is 4.29. The number of rotatable bonds is 5. The van der Waals surface area contributed by atoms with Gasteiger partial charge < -0.3 is 19.4 Å². The summed E-state index contributed by atoms with van der Waals surface area (Å²) in [6.45, 7) is 0.565. The predicted molar refractivity (Wildman–Crippen MR) is 99.0 cm³/mol. The summed E-state index contributed by atoms with van der Waals surface area (Å²) in [5.41, 5.74) is 2.28. The number of ether oxygens (including phenoxy) is 1. The van der Waals surface area contributed by atoms with Crippen LogP contribution >= 0.6 is 0 Å². The highest BCUT2D eigenvalue weighted by Crippen LogP contribution is 2.24. The van der Waals surface area contributed by atoms with Crippen LogP contribution in [-0.2, 0) is 9.59 Å². The van der Waals surface area contributed by atoms with Crippen molar-refractivity contribution in [2.24, 2.45) is 0 Å². The molecule has 1 fully saturated rings. The minimum atomic E-state index is -0.545. The Balaban J connectivity index is 1.34. The summed E-state index contributed by atoms with van der Waals surface area (Å²) >= 11 is 0. The fourth-order valence-corrected chi connectivity index (χ4v) is 3.02. The minimum absolute atomic E-state index is 0.124. The van der Waals surface area contributed by atoms with Gasteiger partial charge in [0, 0.05) is 24.3 Å². The Kier molecular flexibility index (Phi) is 4.37. The van der Waals surface area contributed by atoms with E-state index in [0.717, 1.165) is 18.7 Å². The van der Waals surface area contributed by atoms with Gasteiger partial charge in [-0.1, -0.05) is 0 Å². The highest BCUT2D eigenvalue weighted by molar-refractivity contribution is 5.95. The molecule has 0 radical (unpaired) electrons. The summed E-state index contributed by atoms with van der Waals surface area (Å²) < 4.78 is 10.4. The maximum absolute atomic E-state index is 12.1. The number of hydrogen-bond donors (Lipinski definition) is 2. The smallest absolute Gasteiger partial charge is 0.417 e. The molecule has 0 atom stereocenters. The number of nitrogens with one attached hydrogen (secondary N) is 2. The van der Waals surface area contributed by atoms with Crippen molar-refractivity contribution in [2.45, 2.75) is 12.8 Å². The molecule has 1 saturated heterocycles. The van der Waals surface area contributed by atoms with Crippen LogP contribution in [0.15, 0.2) is 51.7 Å². The van der Waals surface area contributed by atoms with Gasteiger partial charge in [0.2, 0.25) is 5.91 Å². The Morgan fingerprint density at radius 2 is 2.00 bits per heavy atom. The van der Waals surface area contributed by atoms with Crippen molar-refractivity contribution < 1.29 is 18.7 Å². The highest BCUT2D eigenvalue weighted by atomic mass is 16.5. The van der Waals surface area contributed by atoms with Gasteiger partial charge in [-0.05, 0) is 48.9 Å². The van der Waals surface area contributed by atoms with E-state index in [2.05, 4.69) is 10.3 Å². The normalized spacial score (nSPS) is 13.9. The van der Waals surface area contributed by atoms with Crippen LogP contribution in [0.3, 0.4) is 0 Å². The molecule has 0 aliphatic carbocycles. The maximum Gasteiger partial charge on any atom is 0.417 e. The summed E-state index contributed by atoms with van der Waals surface area (Å²) in [4.78, 5) is 39.2. The number of carbonyl (C=O) groups excluding carboxylic acids is 2. The lowest BCUT2D eigenvalue weighted by Gasteiger charge is -2.16. The molecule has 8 heteroatoms. The zero-order chi connectivity index (χ0) is 18.8. The standard InChI is InChI=1S/C19H17N3O5/c23-17(20-12-3-8-16-15(10-12)21-19(25)27-16)11-26-14-6-4-13(5-7-14)22-9-1-2-18(22)24/h3-8,10H,1-2,9,11H2,(H,20,23)(H,21,25). The van der Waals surface area contributed by atoms with E-state index in [9.17, 15) is 14.4 Å². The molecule has 2 amide bonds. The lowest BCUT2D eigenvalue weighted by molar-refractivity contribution is -0.118. The first-order valence-electron chi connectivity index (χ1n) is 8.54. The van der Waals surface area contributed by atoms with Crippen molar-refractivity contribution in [3.8, 4) is 5.75 Å². The van der Waals surface area contributed by atoms with Crippen molar-refractivity contribution in [1.82, 2.24) is 4.98 Å². The summed E-state index contributed by atoms with van der Waals surface area (Å²) in [6.07, 6.45) is 1.45. The van der Waals surface area contributed by atoms with Gasteiger partial charge in [-0.25, -0.2) is 4.79 Å². The monoisotopic (exact) mass is 367 g/mol. The van der Waals surface area contributed by atoms with Crippen LogP contribution in [0.1, 0.15) is 12.8 Å². The van der Waals surface area contributed by atoms with Crippen molar-refractivity contribution in [1.29, 1.82) is 0 Å². The van der Waals surface area contributed by atoms with Crippen molar-refractivity contribution in [2.75, 3.05) is 23.4 Å². The predicted octanol–water partition coefficient (Wildman–Crippen LogP) is 2.27. The van der Waals surface area contributed by atoms with E-state index >= 15 is 0 Å². The lowest BCUT2D eigenvalue weighted by atomic mass is 10.3. The topological polar surface area (TPSA) is 105 Å². The van der Waals surface area contributed by atoms with Crippen molar-refractivity contribution >= 4 is 34.3 Å². The molecule has 2 N–H and O–H groups in total. The maximum atomic E-state index is 12.1. The third kappa shape index (κ3) is 3.69. The van der Waals surface area contributed by atoms with Gasteiger partial charge in [-0.2, -0.15) is 0 Å². The van der Waals surface area contributed by atoms with E-state index < -0.39 is 5.76 Å². The van der Waals surface area contributed by atoms with Gasteiger partial charge in [0.25, 0.3) is 5.91 Å². The number of hydrogen-bond acceptors (Lipinski definition) is 5. The zero-order valence-corrected chi connectivity index (χ0v) is 14.4. The molecule has 1 aromatic heterocycles. The Bertz CT molecular complexity index is 1050. The second kappa shape index (κ2) is 6.99. The molecule has 2 aromatic carbocycles. The average molecular weight is 367 g/mol. The molecule has 138 valence electrons. The average Bonchev–Trinajstić information content (AvgIpc) is 3.24. The number of H-pyrrole nitrogens is 1. The number of aromatic nitrogens is 1. The molecular formula is C19H17N3O5. The summed E-state index contributed by atoms with van der Waals surface area (Å²) in [5, 5.41) is 2.69. The highest BCUT2D eigenvalue weighted by Gasteiger charge is 2.21. The van der Waals surface area contributed by atoms with Crippen LogP contribution in [0.2, 0.25) is 0 Å². The second-order valence-corrected chi connectivity index (χ2v) is 6.21. The molecule has 2 heterocycles. The van der Waals surface area contributed by atoms with Gasteiger partial charge >= 0.3 is 5.76 Å². The van der Waals surface area contributed by atoms with Crippen molar-refractivity contribution in [3.05, 3.63) is 53.0 Å². The molecule has 0 bridgehead atoms. The van der Waals surface area contributed by atoms with Crippen LogP contribution in [0.5, 0.6) is 5.75 Å². The number of benzene rings is 2. The summed E-state index contributed by atoms with van der Waals surface area (Å²) in [7, 11) is 0. The van der Waals surface area contributed by atoms with Crippen LogP contribution in [-0.4, -0.2) is 29.9 Å². The van der Waals surface area contributed by atoms with E-state index in [1.807, 2.05) is 0 Å². The summed E-state index contributed by atoms with van der Waals surface area (Å²) in [6, 6.07) is 11.9. The quantitative estimate of drug-likeness (QED) is 0.720. The number of aromatic amines is 1. The van der Waals surface area contributed by atoms with Gasteiger partial charge in [-0.3, -0.25) is 14.6 Å². The first-order chi connectivity index (χ1) is 13.1. The fraction of sp³-hybridized carbons (Fsp3) is 0.211. The molecule has 0 saturated carbocycles. The van der Waals surface area contributed by atoms with Gasteiger partial charge in [0.1, 0.15) is 5.75 Å². The van der Waals surface area contributed by atoms with E-state index in [0.29, 0.717) is 29.0 Å². The first kappa shape index (κ1) is 16.9. The van der Waals surface area contributed by atoms with Crippen LogP contribution < -0.4 is 20.7 Å². The number of fused-ring (bicyclic) bond motifs is 1. The van der Waals surface area contributed by atoms with Crippen molar-refractivity contribution in [3.63, 3.8) is 0 Å². The first-order valence-corrected chi connectivity index (χ1v) is 8.54. The van der Waals surface area contributed by atoms with Gasteiger partial charge in [0.05, 0.1) is 5.52 Å². The molecule has 0 spiro atoms. The molecule has 1 aliphatic rings. The molecule has 8 nitrogen and oxygen atoms in total. The Morgan fingerprint density at radius 3 is 2.74 bits per heavy atom. The molecule has 3 aromatic rings. The SMILES string of the molecule is O=C(COc1ccc(N2CCCC2=O)cc1)Nc1ccc2oc(=O)[nH]c2c1. The second-order valence-electron chi connectivity index (χ2n) is 6.21. The van der Waals surface area contributed by atoms with Crippen LogP contribution in [0.4, 0.5) is 11.4 Å². The fourth-order valence-electron chi connectivity index (χ4n) is 3.02. The van der Waals surface area contributed by atoms with E-state index in [1.54, 1.807) is 47.4 Å². The molecule has 0 unspecified atom stereocenters. The number of oxazole rings is 1. The molecule has 27 heavy (non-hydrogen) atoms. The number of amides is 2. The third-order valence-electron chi connectivity index (χ3n) is 4.29. The Hall–Kier alpha value is -3.55. The zero-order valence-electron chi connectivity index (χ0n) is 14.4. The van der Waals surface area contributed by atoms with E-state index in [-0.39, 0.29) is 18.4 Å². The largest absolute Gasteiger partial charge is 0.484 e. The molecule has 1 aliphatic heterocycles. The van der Waals surface area contributed by atoms with Crippen LogP contribution in [0, 0.1) is 0 Å². The number of nitrogens with zero attached hydrogens (tertiary/aromatic N) is 1. The summed E-state index contributed by atoms with van der Waals surface area (Å²) in [5.74, 6) is -0.218. The van der Waals surface area contributed by atoms with Gasteiger partial charge in [-0.15, -0.1) is 0 Å². The van der Waals surface area contributed by atoms with Crippen LogP contribution in [0.25, 0.3) is 11.1 Å². The van der Waals surface area contributed by atoms with E-state index in [4.69, 9.17) is 9.15 Å². The Morgan fingerprint density at radius 1 is 1.19 bits per heavy atom.